The zero-order valence-electron chi connectivity index (χ0n) is 16.1. The molecule has 0 aromatic heterocycles. The zero-order valence-corrected chi connectivity index (χ0v) is 16.1. The lowest BCUT2D eigenvalue weighted by molar-refractivity contribution is 0.0531. The van der Waals surface area contributed by atoms with Gasteiger partial charge in [0.15, 0.2) is 0 Å². The molecule has 3 aromatic rings. The summed E-state index contributed by atoms with van der Waals surface area (Å²) >= 11 is 0. The van der Waals surface area contributed by atoms with E-state index in [2.05, 4.69) is 29.6 Å². The van der Waals surface area contributed by atoms with E-state index >= 15 is 0 Å². The van der Waals surface area contributed by atoms with Gasteiger partial charge < -0.3 is 15.2 Å². The maximum atomic E-state index is 13.4. The minimum absolute atomic E-state index is 0.0307. The third-order valence-corrected chi connectivity index (χ3v) is 5.37. The second kappa shape index (κ2) is 7.68. The van der Waals surface area contributed by atoms with Gasteiger partial charge in [0.1, 0.15) is 18.0 Å². The van der Waals surface area contributed by atoms with Crippen molar-refractivity contribution in [1.82, 2.24) is 5.32 Å². The quantitative estimate of drug-likeness (QED) is 0.670. The molecule has 0 aliphatic heterocycles. The number of hydrogen-bond donors (Lipinski definition) is 2. The Bertz CT molecular complexity index is 1000. The van der Waals surface area contributed by atoms with Gasteiger partial charge in [0.2, 0.25) is 0 Å². The van der Waals surface area contributed by atoms with E-state index in [0.717, 1.165) is 22.3 Å². The van der Waals surface area contributed by atoms with E-state index in [1.54, 1.807) is 6.07 Å². The van der Waals surface area contributed by atoms with Gasteiger partial charge in [-0.3, -0.25) is 0 Å². The topological polar surface area (TPSA) is 58.6 Å². The molecule has 0 saturated carbocycles. The van der Waals surface area contributed by atoms with Crippen LogP contribution in [-0.2, 0) is 10.3 Å². The van der Waals surface area contributed by atoms with E-state index in [-0.39, 0.29) is 19.1 Å². The van der Waals surface area contributed by atoms with Crippen molar-refractivity contribution in [1.29, 1.82) is 0 Å². The molecule has 29 heavy (non-hydrogen) atoms. The molecule has 0 heterocycles. The first-order valence-electron chi connectivity index (χ1n) is 9.53. The maximum absolute atomic E-state index is 13.4. The van der Waals surface area contributed by atoms with Crippen LogP contribution in [0.1, 0.15) is 29.5 Å². The first-order valence-corrected chi connectivity index (χ1v) is 9.53. The largest absolute Gasteiger partial charge is 0.449 e. The van der Waals surface area contributed by atoms with Crippen LogP contribution in [0.3, 0.4) is 0 Å². The van der Waals surface area contributed by atoms with Crippen LogP contribution in [0.5, 0.6) is 0 Å². The molecule has 0 spiro atoms. The second-order valence-corrected chi connectivity index (χ2v) is 7.46. The maximum Gasteiger partial charge on any atom is 0.407 e. The predicted molar refractivity (Wildman–Crippen MR) is 109 cm³/mol. The average molecular weight is 391 g/mol. The van der Waals surface area contributed by atoms with E-state index in [9.17, 15) is 14.3 Å². The fourth-order valence-electron chi connectivity index (χ4n) is 3.82. The Morgan fingerprint density at radius 3 is 2.28 bits per heavy atom. The molecule has 1 unspecified atom stereocenters. The third kappa shape index (κ3) is 3.87. The number of hydrogen-bond acceptors (Lipinski definition) is 3. The van der Waals surface area contributed by atoms with Crippen LogP contribution < -0.4 is 5.32 Å². The van der Waals surface area contributed by atoms with Gasteiger partial charge in [-0.05, 0) is 46.9 Å². The van der Waals surface area contributed by atoms with Crippen molar-refractivity contribution < 1.29 is 19.0 Å². The van der Waals surface area contributed by atoms with E-state index < -0.39 is 17.5 Å². The van der Waals surface area contributed by atoms with Crippen LogP contribution >= 0.6 is 0 Å². The number of fused-ring (bicyclic) bond motifs is 3. The lowest BCUT2D eigenvalue weighted by Crippen LogP contribution is -2.39. The van der Waals surface area contributed by atoms with Crippen molar-refractivity contribution in [2.24, 2.45) is 0 Å². The van der Waals surface area contributed by atoms with E-state index in [0.29, 0.717) is 5.56 Å². The van der Waals surface area contributed by atoms with Gasteiger partial charge in [0, 0.05) is 5.92 Å². The summed E-state index contributed by atoms with van der Waals surface area (Å²) in [4.78, 5) is 12.3. The molecule has 0 bridgehead atoms. The number of rotatable bonds is 5. The minimum Gasteiger partial charge on any atom is -0.449 e. The molecule has 0 fully saturated rings. The lowest BCUT2D eigenvalue weighted by atomic mass is 9.96. The van der Waals surface area contributed by atoms with Crippen LogP contribution in [0, 0.1) is 5.82 Å². The Labute approximate surface area is 169 Å². The summed E-state index contributed by atoms with van der Waals surface area (Å²) in [7, 11) is 0. The SMILES string of the molecule is CC(O)(CNC(=O)OCC1c2ccccc2-c2ccccc21)c1cccc(F)c1. The Balaban J connectivity index is 1.40. The third-order valence-electron chi connectivity index (χ3n) is 5.37. The van der Waals surface area contributed by atoms with Gasteiger partial charge in [0.05, 0.1) is 6.54 Å². The van der Waals surface area contributed by atoms with Crippen molar-refractivity contribution in [2.75, 3.05) is 13.2 Å². The molecule has 5 heteroatoms. The van der Waals surface area contributed by atoms with E-state index in [1.165, 1.54) is 25.1 Å². The number of carbonyl (C=O) groups excluding carboxylic acids is 1. The van der Waals surface area contributed by atoms with Crippen molar-refractivity contribution in [2.45, 2.75) is 18.4 Å². The predicted octanol–water partition coefficient (Wildman–Crippen LogP) is 4.57. The first kappa shape index (κ1) is 19.2. The van der Waals surface area contributed by atoms with Crippen LogP contribution in [0.2, 0.25) is 0 Å². The van der Waals surface area contributed by atoms with Crippen LogP contribution in [0.4, 0.5) is 9.18 Å². The van der Waals surface area contributed by atoms with Crippen LogP contribution in [0.15, 0.2) is 72.8 Å². The molecular weight excluding hydrogens is 369 g/mol. The number of alkyl carbamates (subject to hydrolysis) is 1. The molecule has 4 rings (SSSR count). The average Bonchev–Trinajstić information content (AvgIpc) is 3.05. The highest BCUT2D eigenvalue weighted by atomic mass is 19.1. The Kier molecular flexibility index (Phi) is 5.07. The standard InChI is InChI=1S/C24H22FNO3/c1-24(28,16-7-6-8-17(25)13-16)15-26-23(27)29-14-22-20-11-4-2-9-18(20)19-10-3-5-12-21(19)22/h2-13,22,28H,14-15H2,1H3,(H,26,27). The second-order valence-electron chi connectivity index (χ2n) is 7.46. The van der Waals surface area contributed by atoms with E-state index in [4.69, 9.17) is 4.74 Å². The van der Waals surface area contributed by atoms with Gasteiger partial charge in [-0.1, -0.05) is 60.7 Å². The Hall–Kier alpha value is -3.18. The van der Waals surface area contributed by atoms with Crippen LogP contribution in [0.25, 0.3) is 11.1 Å². The minimum atomic E-state index is -1.41. The normalized spacial score (nSPS) is 14.6. The molecule has 1 aliphatic rings. The highest BCUT2D eigenvalue weighted by Crippen LogP contribution is 2.44. The van der Waals surface area contributed by atoms with Crippen molar-refractivity contribution in [3.63, 3.8) is 0 Å². The summed E-state index contributed by atoms with van der Waals surface area (Å²) in [5, 5.41) is 13.1. The summed E-state index contributed by atoms with van der Waals surface area (Å²) < 4.78 is 18.9. The molecule has 1 amide bonds. The first-order chi connectivity index (χ1) is 14.0. The highest BCUT2D eigenvalue weighted by Gasteiger charge is 2.29. The number of aliphatic hydroxyl groups is 1. The number of ether oxygens (including phenoxy) is 1. The fraction of sp³-hybridized carbons (Fsp3) is 0.208. The smallest absolute Gasteiger partial charge is 0.407 e. The number of carbonyl (C=O) groups is 1. The molecule has 0 saturated heterocycles. The summed E-state index contributed by atoms with van der Waals surface area (Å²) in [5.74, 6) is -0.471. The van der Waals surface area contributed by atoms with Gasteiger partial charge in [-0.15, -0.1) is 0 Å². The molecule has 4 nitrogen and oxygen atoms in total. The zero-order chi connectivity index (χ0) is 20.4. The number of nitrogens with one attached hydrogen (secondary N) is 1. The van der Waals surface area contributed by atoms with Gasteiger partial charge in [-0.25, -0.2) is 9.18 Å². The Morgan fingerprint density at radius 2 is 1.66 bits per heavy atom. The molecule has 0 radical (unpaired) electrons. The highest BCUT2D eigenvalue weighted by molar-refractivity contribution is 5.79. The lowest BCUT2D eigenvalue weighted by Gasteiger charge is -2.24. The molecule has 2 N–H and O–H groups in total. The summed E-state index contributed by atoms with van der Waals surface area (Å²) in [6, 6.07) is 21.9. The summed E-state index contributed by atoms with van der Waals surface area (Å²) in [6.07, 6.45) is -0.622. The van der Waals surface area contributed by atoms with E-state index in [1.807, 2.05) is 24.3 Å². The fourth-order valence-corrected chi connectivity index (χ4v) is 3.82. The van der Waals surface area contributed by atoms with Crippen molar-refractivity contribution in [3.8, 4) is 11.1 Å². The Morgan fingerprint density at radius 1 is 1.03 bits per heavy atom. The number of halogens is 1. The number of amides is 1. The number of benzene rings is 3. The summed E-state index contributed by atoms with van der Waals surface area (Å²) in [5.41, 5.74) is 3.56. The van der Waals surface area contributed by atoms with Gasteiger partial charge in [-0.2, -0.15) is 0 Å². The molecule has 3 aromatic carbocycles. The van der Waals surface area contributed by atoms with Crippen LogP contribution in [-0.4, -0.2) is 24.4 Å². The monoisotopic (exact) mass is 391 g/mol. The molecular formula is C24H22FNO3. The van der Waals surface area contributed by atoms with Crippen molar-refractivity contribution in [3.05, 3.63) is 95.3 Å². The van der Waals surface area contributed by atoms with Gasteiger partial charge >= 0.3 is 6.09 Å². The van der Waals surface area contributed by atoms with Gasteiger partial charge in [0.25, 0.3) is 0 Å². The van der Waals surface area contributed by atoms with Crippen molar-refractivity contribution >= 4 is 6.09 Å². The molecule has 148 valence electrons. The molecule has 1 atom stereocenters. The molecule has 1 aliphatic carbocycles. The summed E-state index contributed by atoms with van der Waals surface area (Å²) in [6.45, 7) is 1.63.